The highest BCUT2D eigenvalue weighted by molar-refractivity contribution is 7.91. The lowest BCUT2D eigenvalue weighted by Crippen LogP contribution is -2.38. The Kier molecular flexibility index (Phi) is 3.92. The van der Waals surface area contributed by atoms with E-state index in [2.05, 4.69) is 0 Å². The van der Waals surface area contributed by atoms with Crippen molar-refractivity contribution in [3.05, 3.63) is 16.5 Å². The highest BCUT2D eigenvalue weighted by Crippen LogP contribution is 2.40. The fraction of sp³-hybridized carbons (Fsp3) is 0.714. The Labute approximate surface area is 125 Å². The molecule has 2 fully saturated rings. The first-order valence-electron chi connectivity index (χ1n) is 7.35. The van der Waals surface area contributed by atoms with E-state index in [1.807, 2.05) is 6.92 Å². The highest BCUT2D eigenvalue weighted by atomic mass is 32.2. The smallest absolute Gasteiger partial charge is 0.252 e. The third-order valence-corrected chi connectivity index (χ3v) is 8.34. The van der Waals surface area contributed by atoms with Crippen LogP contribution in [0.4, 0.5) is 0 Å². The summed E-state index contributed by atoms with van der Waals surface area (Å²) in [4.78, 5) is 0.975. The fourth-order valence-corrected chi connectivity index (χ4v) is 6.92. The predicted octanol–water partition coefficient (Wildman–Crippen LogP) is 2.47. The van der Waals surface area contributed by atoms with Crippen LogP contribution < -0.4 is 5.73 Å². The van der Waals surface area contributed by atoms with Crippen molar-refractivity contribution in [3.8, 4) is 0 Å². The number of hydrogen-bond donors (Lipinski definition) is 1. The standard InChI is InChI=1S/C14H22N2O2S2/c1-10-8-14(19-13(10)9-15)20(17,18)16-7-6-11-4-2-3-5-12(11)16/h8,11-12H,2-7,9,15H2,1H3. The molecule has 0 bridgehead atoms. The molecule has 1 aliphatic heterocycles. The molecule has 1 saturated carbocycles. The second-order valence-electron chi connectivity index (χ2n) is 5.89. The van der Waals surface area contributed by atoms with E-state index in [1.54, 1.807) is 10.4 Å². The maximum absolute atomic E-state index is 12.9. The molecule has 2 atom stereocenters. The number of aryl methyl sites for hydroxylation is 1. The first kappa shape index (κ1) is 14.5. The maximum atomic E-state index is 12.9. The van der Waals surface area contributed by atoms with E-state index in [4.69, 9.17) is 5.73 Å². The third-order valence-electron chi connectivity index (χ3n) is 4.71. The molecule has 20 heavy (non-hydrogen) atoms. The molecule has 0 amide bonds. The Morgan fingerprint density at radius 2 is 2.10 bits per heavy atom. The van der Waals surface area contributed by atoms with Crippen molar-refractivity contribution in [2.75, 3.05) is 6.54 Å². The van der Waals surface area contributed by atoms with Crippen LogP contribution in [0.3, 0.4) is 0 Å². The second kappa shape index (κ2) is 5.40. The van der Waals surface area contributed by atoms with Crippen LogP contribution in [-0.2, 0) is 16.6 Å². The van der Waals surface area contributed by atoms with Crippen molar-refractivity contribution in [2.24, 2.45) is 11.7 Å². The number of nitrogens with zero attached hydrogens (tertiary/aromatic N) is 1. The topological polar surface area (TPSA) is 63.4 Å². The van der Waals surface area contributed by atoms with Gasteiger partial charge in [0.2, 0.25) is 0 Å². The Morgan fingerprint density at radius 3 is 2.80 bits per heavy atom. The molecule has 0 spiro atoms. The van der Waals surface area contributed by atoms with Crippen molar-refractivity contribution in [1.29, 1.82) is 0 Å². The quantitative estimate of drug-likeness (QED) is 0.932. The van der Waals surface area contributed by atoms with Crippen molar-refractivity contribution < 1.29 is 8.42 Å². The minimum Gasteiger partial charge on any atom is -0.326 e. The van der Waals surface area contributed by atoms with Gasteiger partial charge in [-0.05, 0) is 43.7 Å². The highest BCUT2D eigenvalue weighted by Gasteiger charge is 2.42. The molecule has 2 aliphatic rings. The summed E-state index contributed by atoms with van der Waals surface area (Å²) in [5, 5.41) is 0. The zero-order valence-corrected chi connectivity index (χ0v) is 13.5. The minimum absolute atomic E-state index is 0.234. The summed E-state index contributed by atoms with van der Waals surface area (Å²) in [5.41, 5.74) is 6.66. The van der Waals surface area contributed by atoms with Gasteiger partial charge in [0, 0.05) is 24.0 Å². The van der Waals surface area contributed by atoms with Crippen molar-refractivity contribution >= 4 is 21.4 Å². The molecule has 2 N–H and O–H groups in total. The van der Waals surface area contributed by atoms with Crippen LogP contribution in [0, 0.1) is 12.8 Å². The number of nitrogens with two attached hydrogens (primary N) is 1. The van der Waals surface area contributed by atoms with Crippen LogP contribution in [0.25, 0.3) is 0 Å². The summed E-state index contributed by atoms with van der Waals surface area (Å²) in [6, 6.07) is 2.02. The number of fused-ring (bicyclic) bond motifs is 1. The van der Waals surface area contributed by atoms with E-state index in [-0.39, 0.29) is 6.04 Å². The molecule has 4 nitrogen and oxygen atoms in total. The Morgan fingerprint density at radius 1 is 1.35 bits per heavy atom. The first-order chi connectivity index (χ1) is 9.54. The number of hydrogen-bond acceptors (Lipinski definition) is 4. The first-order valence-corrected chi connectivity index (χ1v) is 9.61. The molecule has 3 rings (SSSR count). The van der Waals surface area contributed by atoms with E-state index in [0.717, 1.165) is 29.7 Å². The van der Waals surface area contributed by atoms with E-state index in [9.17, 15) is 8.42 Å². The van der Waals surface area contributed by atoms with E-state index < -0.39 is 10.0 Å². The average Bonchev–Trinajstić information content (AvgIpc) is 3.02. The zero-order chi connectivity index (χ0) is 14.3. The largest absolute Gasteiger partial charge is 0.326 e. The normalized spacial score (nSPS) is 27.7. The fourth-order valence-electron chi connectivity index (χ4n) is 3.60. The SMILES string of the molecule is Cc1cc(S(=O)(=O)N2CCC3CCCCC32)sc1CN. The van der Waals surface area contributed by atoms with Gasteiger partial charge in [-0.2, -0.15) is 4.31 Å². The van der Waals surface area contributed by atoms with Gasteiger partial charge in [-0.1, -0.05) is 12.8 Å². The summed E-state index contributed by atoms with van der Waals surface area (Å²) < 4.78 is 28.0. The van der Waals surface area contributed by atoms with Gasteiger partial charge in [-0.25, -0.2) is 8.42 Å². The lowest BCUT2D eigenvalue weighted by molar-refractivity contribution is 0.260. The van der Waals surface area contributed by atoms with E-state index in [1.165, 1.54) is 24.2 Å². The van der Waals surface area contributed by atoms with Crippen LogP contribution in [0.5, 0.6) is 0 Å². The maximum Gasteiger partial charge on any atom is 0.252 e. The molecule has 6 heteroatoms. The number of sulfonamides is 1. The molecule has 0 aromatic carbocycles. The van der Waals surface area contributed by atoms with Gasteiger partial charge in [0.05, 0.1) is 0 Å². The number of rotatable bonds is 3. The van der Waals surface area contributed by atoms with Gasteiger partial charge in [-0.3, -0.25) is 0 Å². The van der Waals surface area contributed by atoms with Gasteiger partial charge in [0.25, 0.3) is 10.0 Å². The van der Waals surface area contributed by atoms with Gasteiger partial charge in [0.1, 0.15) is 4.21 Å². The lowest BCUT2D eigenvalue weighted by Gasteiger charge is -2.30. The molecular weight excluding hydrogens is 292 g/mol. The van der Waals surface area contributed by atoms with Gasteiger partial charge in [0.15, 0.2) is 0 Å². The van der Waals surface area contributed by atoms with Crippen molar-refractivity contribution in [1.82, 2.24) is 4.31 Å². The summed E-state index contributed by atoms with van der Waals surface area (Å²) in [6.07, 6.45) is 5.65. The molecule has 1 aromatic rings. The van der Waals surface area contributed by atoms with E-state index in [0.29, 0.717) is 23.2 Å². The van der Waals surface area contributed by atoms with Crippen LogP contribution in [-0.4, -0.2) is 25.3 Å². The van der Waals surface area contributed by atoms with Crippen LogP contribution in [0.2, 0.25) is 0 Å². The molecule has 0 radical (unpaired) electrons. The summed E-state index contributed by atoms with van der Waals surface area (Å²) in [5.74, 6) is 0.577. The molecule has 1 saturated heterocycles. The molecular formula is C14H22N2O2S2. The second-order valence-corrected chi connectivity index (χ2v) is 9.15. The summed E-state index contributed by atoms with van der Waals surface area (Å²) in [7, 11) is -3.32. The number of thiophene rings is 1. The Hall–Kier alpha value is -0.430. The van der Waals surface area contributed by atoms with Crippen molar-refractivity contribution in [2.45, 2.75) is 55.8 Å². The molecule has 1 aromatic heterocycles. The van der Waals surface area contributed by atoms with E-state index >= 15 is 0 Å². The molecule has 2 heterocycles. The molecule has 2 unspecified atom stereocenters. The predicted molar refractivity (Wildman–Crippen MR) is 81.2 cm³/mol. The van der Waals surface area contributed by atoms with Crippen LogP contribution in [0.15, 0.2) is 10.3 Å². The molecule has 112 valence electrons. The average molecular weight is 314 g/mol. The third kappa shape index (κ3) is 2.32. The van der Waals surface area contributed by atoms with Crippen molar-refractivity contribution in [3.63, 3.8) is 0 Å². The molecule has 1 aliphatic carbocycles. The summed E-state index contributed by atoms with van der Waals surface area (Å²) >= 11 is 1.34. The van der Waals surface area contributed by atoms with Gasteiger partial charge >= 0.3 is 0 Å². The minimum atomic E-state index is -3.32. The van der Waals surface area contributed by atoms with Crippen LogP contribution in [0.1, 0.15) is 42.5 Å². The Balaban J connectivity index is 1.91. The summed E-state index contributed by atoms with van der Waals surface area (Å²) in [6.45, 7) is 3.04. The zero-order valence-electron chi connectivity index (χ0n) is 11.8. The monoisotopic (exact) mass is 314 g/mol. The Bertz CT molecular complexity index is 594. The van der Waals surface area contributed by atoms with Crippen LogP contribution >= 0.6 is 11.3 Å². The van der Waals surface area contributed by atoms with Gasteiger partial charge < -0.3 is 5.73 Å². The lowest BCUT2D eigenvalue weighted by atomic mass is 9.86. The van der Waals surface area contributed by atoms with Gasteiger partial charge in [-0.15, -0.1) is 11.3 Å².